The van der Waals surface area contributed by atoms with Gasteiger partial charge >= 0.3 is 0 Å². The molecule has 1 aliphatic rings. The minimum atomic E-state index is -2.05. The smallest absolute Gasteiger partial charge is 0.233 e. The summed E-state index contributed by atoms with van der Waals surface area (Å²) in [7, 11) is 4.58. The Morgan fingerprint density at radius 2 is 1.43 bits per heavy atom. The summed E-state index contributed by atoms with van der Waals surface area (Å²) >= 11 is 0. The number of halogens is 3. The fourth-order valence-electron chi connectivity index (χ4n) is 5.72. The Kier molecular flexibility index (Phi) is 13.6. The maximum absolute atomic E-state index is 13.8. The first kappa shape index (κ1) is 37.9. The average Bonchev–Trinajstić information content (AvgIpc) is 2.98. The Bertz CT molecular complexity index is 1380. The number of carbonyl (C=O) groups is 1. The second kappa shape index (κ2) is 16.5. The quantitative estimate of drug-likeness (QED) is 0.0781. The van der Waals surface area contributed by atoms with E-state index in [2.05, 4.69) is 48.1 Å². The summed E-state index contributed by atoms with van der Waals surface area (Å²) in [4.78, 5) is 15.5. The Labute approximate surface area is 286 Å². The third-order valence-electron chi connectivity index (χ3n) is 9.10. The van der Waals surface area contributed by atoms with Gasteiger partial charge < -0.3 is 35.5 Å². The number of benzene rings is 3. The van der Waals surface area contributed by atoms with Crippen molar-refractivity contribution in [2.24, 2.45) is 5.92 Å². The summed E-state index contributed by atoms with van der Waals surface area (Å²) in [5.41, 5.74) is 3.01. The number of nitrogens with zero attached hydrogens (tertiary/aromatic N) is 2. The van der Waals surface area contributed by atoms with Gasteiger partial charge in [0.15, 0.2) is 8.32 Å². The van der Waals surface area contributed by atoms with Crippen LogP contribution in [0, 0.1) is 17.6 Å². The molecule has 1 aliphatic heterocycles. The summed E-state index contributed by atoms with van der Waals surface area (Å²) < 4.78 is 41.3. The largest absolute Gasteiger partial charge is 1.00 e. The highest BCUT2D eigenvalue weighted by atomic mass is 79.9. The van der Waals surface area contributed by atoms with Gasteiger partial charge in [0.1, 0.15) is 17.4 Å². The number of quaternary nitrogens is 1. The average molecular weight is 718 g/mol. The summed E-state index contributed by atoms with van der Waals surface area (Å²) in [6, 6.07) is 20.5. The number of hydrogen-bond donors (Lipinski definition) is 0. The molecule has 46 heavy (non-hydrogen) atoms. The maximum Gasteiger partial charge on any atom is 0.233 e. The molecule has 252 valence electrons. The number of β-lactam (4-membered cyclic amide) rings is 1. The van der Waals surface area contributed by atoms with Crippen molar-refractivity contribution in [1.82, 2.24) is 0 Å². The molecule has 3 aromatic rings. The molecule has 0 spiro atoms. The van der Waals surface area contributed by atoms with Gasteiger partial charge in [-0.1, -0.05) is 38.1 Å². The highest BCUT2D eigenvalue weighted by Crippen LogP contribution is 2.47. The van der Waals surface area contributed by atoms with Gasteiger partial charge in [-0.15, -0.1) is 0 Å². The third kappa shape index (κ3) is 10.2. The van der Waals surface area contributed by atoms with Crippen molar-refractivity contribution in [2.45, 2.75) is 76.7 Å². The zero-order chi connectivity index (χ0) is 32.8. The molecule has 1 heterocycles. The van der Waals surface area contributed by atoms with Gasteiger partial charge in [-0.3, -0.25) is 4.79 Å². The van der Waals surface area contributed by atoms with Gasteiger partial charge in [0.2, 0.25) is 5.91 Å². The standard InChI is InChI=1S/C37H51F2N2O3Si.BrH/c1-27(2)45(6,7)44-35(28-11-15-30(38)16-12-28)24-23-34-36(40(37(34)42)32-19-17-31(39)18-20-32)29-13-21-33(22-14-29)43-26-10-8-9-25-41(3,4)5;/h11-22,27,34-36H,8-10,23-26H2,1-7H3;1H/q+1;/p-1. The number of rotatable bonds is 16. The van der Waals surface area contributed by atoms with Crippen LogP contribution in [0.3, 0.4) is 0 Å². The fraction of sp³-hybridized carbons (Fsp3) is 0.486. The van der Waals surface area contributed by atoms with E-state index in [0.29, 0.717) is 30.7 Å². The molecule has 0 aromatic heterocycles. The first-order valence-electron chi connectivity index (χ1n) is 16.3. The van der Waals surface area contributed by atoms with E-state index in [1.807, 2.05) is 24.3 Å². The van der Waals surface area contributed by atoms with Crippen LogP contribution in [-0.2, 0) is 9.22 Å². The number of amides is 1. The predicted molar refractivity (Wildman–Crippen MR) is 181 cm³/mol. The van der Waals surface area contributed by atoms with Crippen LogP contribution in [0.5, 0.6) is 5.75 Å². The molecule has 0 N–H and O–H groups in total. The molecule has 1 amide bonds. The van der Waals surface area contributed by atoms with Crippen LogP contribution in [0.4, 0.5) is 14.5 Å². The van der Waals surface area contributed by atoms with E-state index >= 15 is 0 Å². The van der Waals surface area contributed by atoms with Gasteiger partial charge in [-0.2, -0.15) is 0 Å². The van der Waals surface area contributed by atoms with Crippen molar-refractivity contribution in [3.63, 3.8) is 0 Å². The molecule has 0 radical (unpaired) electrons. The Morgan fingerprint density at radius 3 is 2.00 bits per heavy atom. The molecule has 0 aliphatic carbocycles. The lowest BCUT2D eigenvalue weighted by Crippen LogP contribution is -3.00. The lowest BCUT2D eigenvalue weighted by atomic mass is 9.78. The third-order valence-corrected chi connectivity index (χ3v) is 12.8. The van der Waals surface area contributed by atoms with E-state index in [4.69, 9.17) is 9.16 Å². The van der Waals surface area contributed by atoms with Gasteiger partial charge in [-0.05, 0) is 110 Å². The normalized spacial score (nSPS) is 17.4. The second-order valence-electron chi connectivity index (χ2n) is 14.2. The van der Waals surface area contributed by atoms with E-state index in [9.17, 15) is 13.6 Å². The lowest BCUT2D eigenvalue weighted by molar-refractivity contribution is -0.870. The zero-order valence-electron chi connectivity index (χ0n) is 28.4. The molecule has 3 aromatic carbocycles. The monoisotopic (exact) mass is 716 g/mol. The predicted octanol–water partition coefficient (Wildman–Crippen LogP) is 6.08. The first-order chi connectivity index (χ1) is 21.2. The van der Waals surface area contributed by atoms with Crippen molar-refractivity contribution < 1.29 is 44.2 Å². The first-order valence-corrected chi connectivity index (χ1v) is 19.3. The van der Waals surface area contributed by atoms with Gasteiger partial charge in [0.25, 0.3) is 0 Å². The van der Waals surface area contributed by atoms with Crippen LogP contribution in [0.25, 0.3) is 0 Å². The van der Waals surface area contributed by atoms with Crippen molar-refractivity contribution in [3.05, 3.63) is 95.6 Å². The van der Waals surface area contributed by atoms with Gasteiger partial charge in [-0.25, -0.2) is 8.78 Å². The topological polar surface area (TPSA) is 38.8 Å². The minimum absolute atomic E-state index is 0. The highest BCUT2D eigenvalue weighted by molar-refractivity contribution is 6.72. The summed E-state index contributed by atoms with van der Waals surface area (Å²) in [5, 5.41) is 0. The Morgan fingerprint density at radius 1 is 0.848 bits per heavy atom. The van der Waals surface area contributed by atoms with Crippen molar-refractivity contribution in [3.8, 4) is 5.75 Å². The van der Waals surface area contributed by atoms with Gasteiger partial charge in [0, 0.05) is 5.69 Å². The van der Waals surface area contributed by atoms with Crippen LogP contribution in [0.1, 0.15) is 69.2 Å². The SMILES string of the molecule is CC(C)[Si](C)(C)OC(CCC1C(=O)N(c2ccc(F)cc2)C1c1ccc(OCCCCC[N+](C)(C)C)cc1)c1ccc(F)cc1.[Br-]. The maximum atomic E-state index is 13.8. The molecule has 0 bridgehead atoms. The number of anilines is 1. The molecular formula is C37H51BrF2N2O3Si. The van der Waals surface area contributed by atoms with E-state index < -0.39 is 8.32 Å². The number of carbonyl (C=O) groups excluding carboxylic acids is 1. The zero-order valence-corrected chi connectivity index (χ0v) is 31.0. The molecule has 3 atom stereocenters. The molecule has 3 unspecified atom stereocenters. The van der Waals surface area contributed by atoms with Crippen molar-refractivity contribution in [1.29, 1.82) is 0 Å². The van der Waals surface area contributed by atoms with Crippen LogP contribution >= 0.6 is 0 Å². The summed E-state index contributed by atoms with van der Waals surface area (Å²) in [5.74, 6) is -0.0617. The van der Waals surface area contributed by atoms with E-state index in [1.165, 1.54) is 30.7 Å². The molecule has 0 saturated carbocycles. The molecule has 1 fully saturated rings. The summed E-state index contributed by atoms with van der Waals surface area (Å²) in [6.45, 7) is 10.6. The highest BCUT2D eigenvalue weighted by Gasteiger charge is 2.48. The van der Waals surface area contributed by atoms with Crippen LogP contribution in [0.15, 0.2) is 72.8 Å². The molecule has 4 rings (SSSR count). The van der Waals surface area contributed by atoms with Gasteiger partial charge in [0.05, 0.1) is 52.4 Å². The van der Waals surface area contributed by atoms with E-state index in [1.54, 1.807) is 29.2 Å². The molecule has 1 saturated heterocycles. The molecular weight excluding hydrogens is 666 g/mol. The van der Waals surface area contributed by atoms with Crippen molar-refractivity contribution in [2.75, 3.05) is 39.2 Å². The van der Waals surface area contributed by atoms with Crippen LogP contribution in [-0.4, -0.2) is 53.0 Å². The van der Waals surface area contributed by atoms with Crippen LogP contribution in [0.2, 0.25) is 18.6 Å². The Hall–Kier alpha value is -2.59. The Balaban J connectivity index is 0.00000576. The fourth-order valence-corrected chi connectivity index (χ4v) is 6.98. The van der Waals surface area contributed by atoms with Crippen molar-refractivity contribution >= 4 is 19.9 Å². The number of ether oxygens (including phenoxy) is 1. The lowest BCUT2D eigenvalue weighted by Gasteiger charge is -2.48. The van der Waals surface area contributed by atoms with E-state index in [-0.39, 0.29) is 52.6 Å². The summed E-state index contributed by atoms with van der Waals surface area (Å²) in [6.07, 6.45) is 4.32. The molecule has 5 nitrogen and oxygen atoms in total. The second-order valence-corrected chi connectivity index (χ2v) is 18.8. The molecule has 9 heteroatoms. The number of hydrogen-bond acceptors (Lipinski definition) is 3. The number of unbranched alkanes of at least 4 members (excludes halogenated alkanes) is 2. The van der Waals surface area contributed by atoms with Crippen LogP contribution < -0.4 is 26.6 Å². The van der Waals surface area contributed by atoms with E-state index in [0.717, 1.165) is 40.7 Å². The minimum Gasteiger partial charge on any atom is -1.00 e.